The number of esters is 1. The number of benzene rings is 1. The molecule has 0 saturated heterocycles. The van der Waals surface area contributed by atoms with Crippen LogP contribution >= 0.6 is 11.3 Å². The second-order valence-corrected chi connectivity index (χ2v) is 5.95. The largest absolute Gasteiger partial charge is 0.497 e. The molecule has 2 heterocycles. The van der Waals surface area contributed by atoms with Gasteiger partial charge in [-0.3, -0.25) is 0 Å². The molecule has 22 heavy (non-hydrogen) atoms. The van der Waals surface area contributed by atoms with Gasteiger partial charge in [-0.25, -0.2) is 4.79 Å². The average Bonchev–Trinajstić information content (AvgIpc) is 3.08. The minimum absolute atomic E-state index is 0.512. The summed E-state index contributed by atoms with van der Waals surface area (Å²) in [4.78, 5) is 13.3. The fourth-order valence-corrected chi connectivity index (χ4v) is 3.86. The first kappa shape index (κ1) is 15.1. The molecule has 1 N–H and O–H groups in total. The van der Waals surface area contributed by atoms with Gasteiger partial charge in [-0.15, -0.1) is 11.3 Å². The van der Waals surface area contributed by atoms with Crippen LogP contribution in [0.1, 0.15) is 16.0 Å². The van der Waals surface area contributed by atoms with Gasteiger partial charge in [0.1, 0.15) is 5.75 Å². The van der Waals surface area contributed by atoms with Crippen molar-refractivity contribution in [3.05, 3.63) is 45.6 Å². The summed E-state index contributed by atoms with van der Waals surface area (Å²) in [5.74, 6) is 0.0333. The molecule has 114 valence electrons. The molecule has 0 spiro atoms. The van der Waals surface area contributed by atoms with Crippen LogP contribution in [-0.2, 0) is 19.8 Å². The highest BCUT2D eigenvalue weighted by Crippen LogP contribution is 2.43. The van der Waals surface area contributed by atoms with E-state index in [2.05, 4.69) is 0 Å². The van der Waals surface area contributed by atoms with Gasteiger partial charge in [0, 0.05) is 0 Å². The first-order valence-corrected chi connectivity index (χ1v) is 7.60. The molecule has 0 saturated carbocycles. The van der Waals surface area contributed by atoms with Gasteiger partial charge in [-0.2, -0.15) is 0 Å². The third-order valence-electron chi connectivity index (χ3n) is 3.85. The van der Waals surface area contributed by atoms with Crippen molar-refractivity contribution in [2.24, 2.45) is 0 Å². The minimum Gasteiger partial charge on any atom is -0.497 e. The standard InChI is InChI=1S/C15H15BO5S/c1-9-6-7-22-13(9)15(14(17)20-3)11-5-4-10(19-2)8-12(11)16(18)21-15/h4-8,18H,1-3H3. The number of thiophene rings is 1. The van der Waals surface area contributed by atoms with Crippen molar-refractivity contribution < 1.29 is 23.9 Å². The van der Waals surface area contributed by atoms with E-state index in [9.17, 15) is 9.82 Å². The number of fused-ring (bicyclic) bond motifs is 1. The quantitative estimate of drug-likeness (QED) is 0.680. The maximum Gasteiger partial charge on any atom is 0.493 e. The SMILES string of the molecule is COC(=O)C1(c2sccc2C)OB(O)c2cc(OC)ccc21. The maximum absolute atomic E-state index is 12.6. The smallest absolute Gasteiger partial charge is 0.493 e. The molecule has 1 aromatic carbocycles. The summed E-state index contributed by atoms with van der Waals surface area (Å²) in [5, 5.41) is 12.2. The van der Waals surface area contributed by atoms with Gasteiger partial charge in [0.15, 0.2) is 0 Å². The Hall–Kier alpha value is -1.83. The van der Waals surface area contributed by atoms with E-state index >= 15 is 0 Å². The van der Waals surface area contributed by atoms with Gasteiger partial charge in [0.2, 0.25) is 5.60 Å². The molecule has 3 rings (SSSR count). The predicted molar refractivity (Wildman–Crippen MR) is 83.5 cm³/mol. The van der Waals surface area contributed by atoms with Gasteiger partial charge < -0.3 is 19.2 Å². The highest BCUT2D eigenvalue weighted by molar-refractivity contribution is 7.10. The van der Waals surface area contributed by atoms with E-state index in [1.54, 1.807) is 25.3 Å². The van der Waals surface area contributed by atoms with Crippen LogP contribution < -0.4 is 10.2 Å². The van der Waals surface area contributed by atoms with Crippen molar-refractivity contribution in [2.75, 3.05) is 14.2 Å². The molecule has 2 aromatic rings. The zero-order valence-electron chi connectivity index (χ0n) is 12.5. The van der Waals surface area contributed by atoms with Crippen LogP contribution in [0.15, 0.2) is 29.6 Å². The molecule has 0 fully saturated rings. The highest BCUT2D eigenvalue weighted by Gasteiger charge is 2.56. The third kappa shape index (κ3) is 1.97. The summed E-state index contributed by atoms with van der Waals surface area (Å²) >= 11 is 1.40. The van der Waals surface area contributed by atoms with Gasteiger partial charge in [-0.1, -0.05) is 6.07 Å². The Kier molecular flexibility index (Phi) is 3.72. The maximum atomic E-state index is 12.6. The lowest BCUT2D eigenvalue weighted by Gasteiger charge is -2.27. The number of aryl methyl sites for hydroxylation is 1. The van der Waals surface area contributed by atoms with Gasteiger partial charge >= 0.3 is 13.1 Å². The number of rotatable bonds is 3. The zero-order valence-corrected chi connectivity index (χ0v) is 13.3. The molecule has 1 unspecified atom stereocenters. The van der Waals surface area contributed by atoms with Crippen LogP contribution in [0, 0.1) is 6.92 Å². The molecular formula is C15H15BO5S. The number of methoxy groups -OCH3 is 2. The Labute approximate surface area is 132 Å². The van der Waals surface area contributed by atoms with E-state index < -0.39 is 18.7 Å². The molecule has 0 radical (unpaired) electrons. The zero-order chi connectivity index (χ0) is 15.9. The average molecular weight is 318 g/mol. The van der Waals surface area contributed by atoms with Crippen LogP contribution in [0.3, 0.4) is 0 Å². The van der Waals surface area contributed by atoms with E-state index in [4.69, 9.17) is 14.1 Å². The fourth-order valence-electron chi connectivity index (χ4n) is 2.79. The van der Waals surface area contributed by atoms with Crippen LogP contribution in [0.2, 0.25) is 0 Å². The molecule has 1 aliphatic heterocycles. The number of hydrogen-bond donors (Lipinski definition) is 1. The lowest BCUT2D eigenvalue weighted by Crippen LogP contribution is -2.39. The van der Waals surface area contributed by atoms with Crippen LogP contribution in [0.25, 0.3) is 0 Å². The molecule has 1 aliphatic rings. The summed E-state index contributed by atoms with van der Waals surface area (Å²) in [6.07, 6.45) is 0. The topological polar surface area (TPSA) is 65.0 Å². The van der Waals surface area contributed by atoms with Crippen molar-refractivity contribution in [1.82, 2.24) is 0 Å². The lowest BCUT2D eigenvalue weighted by molar-refractivity contribution is -0.156. The van der Waals surface area contributed by atoms with Crippen molar-refractivity contribution in [1.29, 1.82) is 0 Å². The van der Waals surface area contributed by atoms with E-state index in [0.29, 0.717) is 21.7 Å². The summed E-state index contributed by atoms with van der Waals surface area (Å²) in [5.41, 5.74) is 0.565. The van der Waals surface area contributed by atoms with Gasteiger partial charge in [0.05, 0.1) is 19.1 Å². The number of ether oxygens (including phenoxy) is 2. The van der Waals surface area contributed by atoms with Crippen molar-refractivity contribution >= 4 is 29.9 Å². The van der Waals surface area contributed by atoms with Gasteiger partial charge in [0.25, 0.3) is 0 Å². The minimum atomic E-state index is -1.44. The van der Waals surface area contributed by atoms with E-state index in [1.807, 2.05) is 18.4 Å². The monoisotopic (exact) mass is 318 g/mol. The summed E-state index contributed by atoms with van der Waals surface area (Å²) in [7, 11) is 1.64. The Morgan fingerprint density at radius 2 is 2.14 bits per heavy atom. The van der Waals surface area contributed by atoms with Crippen molar-refractivity contribution in [3.8, 4) is 5.75 Å². The molecule has 1 atom stereocenters. The third-order valence-corrected chi connectivity index (χ3v) is 4.96. The van der Waals surface area contributed by atoms with E-state index in [0.717, 1.165) is 5.56 Å². The van der Waals surface area contributed by atoms with Crippen LogP contribution in [-0.4, -0.2) is 32.3 Å². The second-order valence-electron chi connectivity index (χ2n) is 5.03. The summed E-state index contributed by atoms with van der Waals surface area (Å²) in [6, 6.07) is 7.05. The number of carbonyl (C=O) groups excluding carboxylic acids is 1. The predicted octanol–water partition coefficient (Wildman–Crippen LogP) is 1.20. The summed E-state index contributed by atoms with van der Waals surface area (Å²) < 4.78 is 15.9. The molecule has 0 aliphatic carbocycles. The second kappa shape index (κ2) is 5.42. The van der Waals surface area contributed by atoms with E-state index in [1.165, 1.54) is 18.4 Å². The Morgan fingerprint density at radius 3 is 2.73 bits per heavy atom. The molecule has 5 nitrogen and oxygen atoms in total. The molecular weight excluding hydrogens is 303 g/mol. The van der Waals surface area contributed by atoms with Crippen LogP contribution in [0.4, 0.5) is 0 Å². The van der Waals surface area contributed by atoms with E-state index in [-0.39, 0.29) is 0 Å². The van der Waals surface area contributed by atoms with Gasteiger partial charge in [-0.05, 0) is 47.1 Å². The fraction of sp³-hybridized carbons (Fsp3) is 0.267. The van der Waals surface area contributed by atoms with Crippen molar-refractivity contribution in [3.63, 3.8) is 0 Å². The molecule has 0 amide bonds. The molecule has 7 heteroatoms. The first-order valence-electron chi connectivity index (χ1n) is 6.72. The summed E-state index contributed by atoms with van der Waals surface area (Å²) in [6.45, 7) is 1.90. The Morgan fingerprint density at radius 1 is 1.36 bits per heavy atom. The molecule has 1 aromatic heterocycles. The first-order chi connectivity index (χ1) is 10.5. The Balaban J connectivity index is 2.27. The normalized spacial score (nSPS) is 19.9. The Bertz CT molecular complexity index is 728. The molecule has 0 bridgehead atoms. The van der Waals surface area contributed by atoms with Crippen LogP contribution in [0.5, 0.6) is 5.75 Å². The highest BCUT2D eigenvalue weighted by atomic mass is 32.1. The van der Waals surface area contributed by atoms with Crippen molar-refractivity contribution in [2.45, 2.75) is 12.5 Å². The lowest BCUT2D eigenvalue weighted by atomic mass is 9.77. The number of hydrogen-bond acceptors (Lipinski definition) is 6. The number of carbonyl (C=O) groups is 1.